The van der Waals surface area contributed by atoms with Gasteiger partial charge >= 0.3 is 0 Å². The average molecular weight is 422 g/mol. The number of nitro groups is 1. The first-order chi connectivity index (χ1) is 12.6. The maximum Gasteiger partial charge on any atom is 0.294 e. The van der Waals surface area contributed by atoms with Crippen LogP contribution in [0.5, 0.6) is 5.75 Å². The van der Waals surface area contributed by atoms with Gasteiger partial charge in [-0.1, -0.05) is 19.8 Å². The van der Waals surface area contributed by atoms with Crippen molar-refractivity contribution in [3.05, 3.63) is 38.7 Å². The molecule has 1 heterocycles. The summed E-state index contributed by atoms with van der Waals surface area (Å²) in [4.78, 5) is 10.8. The Morgan fingerprint density at radius 1 is 1.54 bits per heavy atom. The number of allylic oxidation sites excluding steroid dienone is 1. The van der Waals surface area contributed by atoms with Crippen molar-refractivity contribution < 1.29 is 9.66 Å². The molecule has 1 aromatic heterocycles. The Morgan fingerprint density at radius 2 is 2.35 bits per heavy atom. The van der Waals surface area contributed by atoms with Crippen LogP contribution in [0, 0.1) is 21.4 Å². The Labute approximate surface area is 157 Å². The SMILES string of the molecule is CCCCCOc1cc(NC=C(C#N)c2nn[nH]n2)c([N+](=O)[O-])cc1Br. The van der Waals surface area contributed by atoms with Gasteiger partial charge in [-0.3, -0.25) is 10.1 Å². The van der Waals surface area contributed by atoms with Gasteiger partial charge in [-0.15, -0.1) is 10.2 Å². The number of hydrogen-bond acceptors (Lipinski definition) is 8. The van der Waals surface area contributed by atoms with Crippen LogP contribution in [-0.4, -0.2) is 32.2 Å². The predicted molar refractivity (Wildman–Crippen MR) is 97.2 cm³/mol. The molecule has 1 aromatic carbocycles. The maximum atomic E-state index is 11.3. The highest BCUT2D eigenvalue weighted by molar-refractivity contribution is 9.10. The van der Waals surface area contributed by atoms with Gasteiger partial charge in [-0.2, -0.15) is 10.5 Å². The molecule has 10 nitrogen and oxygen atoms in total. The number of nitro benzene ring substituents is 1. The third-order valence-electron chi connectivity index (χ3n) is 3.33. The summed E-state index contributed by atoms with van der Waals surface area (Å²) >= 11 is 3.29. The lowest BCUT2D eigenvalue weighted by Crippen LogP contribution is -2.02. The van der Waals surface area contributed by atoms with Crippen molar-refractivity contribution in [3.63, 3.8) is 0 Å². The summed E-state index contributed by atoms with van der Waals surface area (Å²) in [6.07, 6.45) is 4.27. The third-order valence-corrected chi connectivity index (χ3v) is 3.95. The Balaban J connectivity index is 2.27. The zero-order chi connectivity index (χ0) is 18.9. The summed E-state index contributed by atoms with van der Waals surface area (Å²) in [5.41, 5.74) is 0.0840. The van der Waals surface area contributed by atoms with Crippen molar-refractivity contribution in [1.82, 2.24) is 20.6 Å². The lowest BCUT2D eigenvalue weighted by Gasteiger charge is -2.11. The molecule has 2 aromatic rings. The van der Waals surface area contributed by atoms with Crippen molar-refractivity contribution >= 4 is 32.9 Å². The molecule has 2 N–H and O–H groups in total. The molecule has 0 aliphatic rings. The molecule has 0 fully saturated rings. The van der Waals surface area contributed by atoms with Crippen LogP contribution < -0.4 is 10.1 Å². The lowest BCUT2D eigenvalue weighted by molar-refractivity contribution is -0.384. The number of anilines is 1. The van der Waals surface area contributed by atoms with Crippen molar-refractivity contribution in [2.45, 2.75) is 26.2 Å². The van der Waals surface area contributed by atoms with Gasteiger partial charge in [0.25, 0.3) is 5.69 Å². The number of nitrogens with zero attached hydrogens (tertiary/aromatic N) is 5. The normalized spacial score (nSPS) is 11.0. The van der Waals surface area contributed by atoms with Gasteiger partial charge in [0.15, 0.2) is 0 Å². The highest BCUT2D eigenvalue weighted by Gasteiger charge is 2.18. The largest absolute Gasteiger partial charge is 0.492 e. The van der Waals surface area contributed by atoms with Gasteiger partial charge in [0, 0.05) is 18.3 Å². The van der Waals surface area contributed by atoms with E-state index in [4.69, 9.17) is 4.74 Å². The number of nitrogens with one attached hydrogen (secondary N) is 2. The standard InChI is InChI=1S/C15H16BrN7O3/c1-2-3-4-5-26-14-7-12(13(23(24)25)6-11(14)16)18-9-10(8-17)15-19-21-22-20-15/h6-7,9,18H,2-5H2,1H3,(H,19,20,21,22). The van der Waals surface area contributed by atoms with Crippen LogP contribution in [-0.2, 0) is 0 Å². The molecule has 0 unspecified atom stereocenters. The summed E-state index contributed by atoms with van der Waals surface area (Å²) in [7, 11) is 0. The van der Waals surface area contributed by atoms with Crippen LogP contribution >= 0.6 is 15.9 Å². The topological polar surface area (TPSA) is 143 Å². The van der Waals surface area contributed by atoms with Gasteiger partial charge in [-0.05, 0) is 27.6 Å². The van der Waals surface area contributed by atoms with E-state index in [1.54, 1.807) is 0 Å². The number of aromatic amines is 1. The Morgan fingerprint density at radius 3 is 2.96 bits per heavy atom. The number of nitriles is 1. The molecule has 0 aliphatic heterocycles. The number of hydrogen-bond donors (Lipinski definition) is 2. The molecule has 2 rings (SSSR count). The lowest BCUT2D eigenvalue weighted by atomic mass is 10.2. The van der Waals surface area contributed by atoms with Crippen LogP contribution in [0.25, 0.3) is 5.57 Å². The molecule has 0 radical (unpaired) electrons. The van der Waals surface area contributed by atoms with Crippen LogP contribution in [0.4, 0.5) is 11.4 Å². The van der Waals surface area contributed by atoms with Gasteiger partial charge in [0.2, 0.25) is 5.82 Å². The molecule has 0 amide bonds. The van der Waals surface area contributed by atoms with Gasteiger partial charge in [0.1, 0.15) is 23.1 Å². The number of aromatic nitrogens is 4. The second-order valence-corrected chi connectivity index (χ2v) is 6.02. The van der Waals surface area contributed by atoms with E-state index in [9.17, 15) is 15.4 Å². The number of rotatable bonds is 9. The van der Waals surface area contributed by atoms with E-state index in [1.165, 1.54) is 18.3 Å². The summed E-state index contributed by atoms with van der Waals surface area (Å²) in [6.45, 7) is 2.60. The zero-order valence-electron chi connectivity index (χ0n) is 13.9. The second-order valence-electron chi connectivity index (χ2n) is 5.16. The first-order valence-electron chi connectivity index (χ1n) is 7.78. The van der Waals surface area contributed by atoms with E-state index < -0.39 is 4.92 Å². The zero-order valence-corrected chi connectivity index (χ0v) is 15.5. The van der Waals surface area contributed by atoms with Gasteiger partial charge in [-0.25, -0.2) is 0 Å². The summed E-state index contributed by atoms with van der Waals surface area (Å²) < 4.78 is 6.17. The Bertz CT molecular complexity index is 831. The van der Waals surface area contributed by atoms with E-state index in [1.807, 2.05) is 6.07 Å². The first kappa shape index (κ1) is 19.3. The molecule has 26 heavy (non-hydrogen) atoms. The molecule has 0 atom stereocenters. The minimum atomic E-state index is -0.526. The highest BCUT2D eigenvalue weighted by Crippen LogP contribution is 2.36. The first-order valence-corrected chi connectivity index (χ1v) is 8.57. The van der Waals surface area contributed by atoms with Gasteiger partial charge in [0.05, 0.1) is 16.0 Å². The molecule has 0 spiro atoms. The fourth-order valence-electron chi connectivity index (χ4n) is 2.03. The molecule has 0 saturated carbocycles. The summed E-state index contributed by atoms with van der Waals surface area (Å²) in [5.74, 6) is 0.552. The maximum absolute atomic E-state index is 11.3. The van der Waals surface area contributed by atoms with Crippen molar-refractivity contribution in [1.29, 1.82) is 5.26 Å². The molecule has 136 valence electrons. The van der Waals surface area contributed by atoms with Crippen molar-refractivity contribution in [2.24, 2.45) is 0 Å². The van der Waals surface area contributed by atoms with E-state index in [-0.39, 0.29) is 22.8 Å². The monoisotopic (exact) mass is 421 g/mol. The van der Waals surface area contributed by atoms with Crippen molar-refractivity contribution in [2.75, 3.05) is 11.9 Å². The fraction of sp³-hybridized carbons (Fsp3) is 0.333. The molecule has 0 bridgehead atoms. The quantitative estimate of drug-likeness (QED) is 0.271. The number of tetrazole rings is 1. The van der Waals surface area contributed by atoms with E-state index >= 15 is 0 Å². The smallest absolute Gasteiger partial charge is 0.294 e. The Kier molecular flexibility index (Phi) is 7.04. The minimum Gasteiger partial charge on any atom is -0.492 e. The van der Waals surface area contributed by atoms with Crippen LogP contribution in [0.3, 0.4) is 0 Å². The van der Waals surface area contributed by atoms with E-state index in [0.717, 1.165) is 19.3 Å². The van der Waals surface area contributed by atoms with Crippen LogP contribution in [0.2, 0.25) is 0 Å². The predicted octanol–water partition coefficient (Wildman–Crippen LogP) is 3.42. The number of ether oxygens (including phenoxy) is 1. The highest BCUT2D eigenvalue weighted by atomic mass is 79.9. The molecular weight excluding hydrogens is 406 g/mol. The Hall–Kier alpha value is -3.00. The van der Waals surface area contributed by atoms with Gasteiger partial charge < -0.3 is 10.1 Å². The fourth-order valence-corrected chi connectivity index (χ4v) is 2.47. The number of H-pyrrole nitrogens is 1. The minimum absolute atomic E-state index is 0.0707. The molecule has 0 aliphatic carbocycles. The molecule has 0 saturated heterocycles. The van der Waals surface area contributed by atoms with E-state index in [2.05, 4.69) is 48.8 Å². The molecule has 11 heteroatoms. The second kappa shape index (κ2) is 9.47. The van der Waals surface area contributed by atoms with Crippen LogP contribution in [0.15, 0.2) is 22.8 Å². The number of benzene rings is 1. The molecular formula is C15H16BrN7O3. The van der Waals surface area contributed by atoms with Crippen LogP contribution in [0.1, 0.15) is 32.0 Å². The third kappa shape index (κ3) is 5.00. The summed E-state index contributed by atoms with van der Waals surface area (Å²) in [6, 6.07) is 4.76. The average Bonchev–Trinajstić information content (AvgIpc) is 3.15. The number of halogens is 1. The van der Waals surface area contributed by atoms with E-state index in [0.29, 0.717) is 16.8 Å². The number of unbranched alkanes of at least 4 members (excludes halogenated alkanes) is 2. The summed E-state index contributed by atoms with van der Waals surface area (Å²) in [5, 5.41) is 36.3. The van der Waals surface area contributed by atoms with Crippen molar-refractivity contribution in [3.8, 4) is 11.8 Å².